The van der Waals surface area contributed by atoms with E-state index in [-0.39, 0.29) is 112 Å². The SMILES string of the molecule is C/C=C/C1=CN2C(=O)c3cc(OC)c(OCCCOc4cc5c(cc4OC)C(=O)N4C=C(/C=C/C)C[C@H]4[C@H](O)N5C(=O)OCc4ccc(CC(=O)[C@H](C)NC(=O)[C@@H](CC(=O)CCOCCOCCOCCOCCCC(=O)CI)C(C)C)cc4)cc3N=C[C@@H]2C1.[2HH]. The largest absolute Gasteiger partial charge is 0.493 e. The number of fused-ring (bicyclic) bond motifs is 4. The van der Waals surface area contributed by atoms with Crippen molar-refractivity contribution in [2.45, 2.75) is 117 Å². The van der Waals surface area contributed by atoms with E-state index in [1.807, 2.05) is 58.2 Å². The van der Waals surface area contributed by atoms with Crippen LogP contribution in [0.3, 0.4) is 0 Å². The van der Waals surface area contributed by atoms with E-state index in [0.717, 1.165) is 16.0 Å². The summed E-state index contributed by atoms with van der Waals surface area (Å²) in [5, 5.41) is 14.9. The van der Waals surface area contributed by atoms with Gasteiger partial charge in [0.05, 0.1) is 119 Å². The molecular formula is C67H86IN5O17. The van der Waals surface area contributed by atoms with Crippen molar-refractivity contribution >= 4 is 81.3 Å². The number of hydrogen-bond acceptors (Lipinski definition) is 18. The molecule has 0 unspecified atom stereocenters. The minimum Gasteiger partial charge on any atom is -0.493 e. The first kappa shape index (κ1) is 70.2. The van der Waals surface area contributed by atoms with E-state index < -0.39 is 42.1 Å². The molecule has 7 rings (SSSR count). The number of aliphatic imine (C=N–C) groups is 1. The minimum atomic E-state index is -1.56. The molecule has 5 atom stereocenters. The van der Waals surface area contributed by atoms with Crippen LogP contribution in [-0.2, 0) is 55.9 Å². The van der Waals surface area contributed by atoms with Crippen molar-refractivity contribution in [1.29, 1.82) is 0 Å². The van der Waals surface area contributed by atoms with Gasteiger partial charge in [-0.25, -0.2) is 9.69 Å². The van der Waals surface area contributed by atoms with Gasteiger partial charge in [0, 0.05) is 76.8 Å². The first-order chi connectivity index (χ1) is 43.5. The molecule has 4 aliphatic heterocycles. The first-order valence-electron chi connectivity index (χ1n) is 30.5. The Kier molecular flexibility index (Phi) is 27.6. The van der Waals surface area contributed by atoms with Gasteiger partial charge in [-0.3, -0.25) is 33.8 Å². The van der Waals surface area contributed by atoms with Gasteiger partial charge in [-0.05, 0) is 80.4 Å². The second-order valence-corrected chi connectivity index (χ2v) is 23.1. The Balaban J connectivity index is 0.0000132. The topological polar surface area (TPSA) is 257 Å². The van der Waals surface area contributed by atoms with Gasteiger partial charge in [-0.15, -0.1) is 0 Å². The summed E-state index contributed by atoms with van der Waals surface area (Å²) in [5.41, 5.74) is 3.96. The third kappa shape index (κ3) is 19.4. The predicted octanol–water partition coefficient (Wildman–Crippen LogP) is 9.43. The van der Waals surface area contributed by atoms with Crippen molar-refractivity contribution in [1.82, 2.24) is 15.1 Å². The lowest BCUT2D eigenvalue weighted by molar-refractivity contribution is -0.133. The average Bonchev–Trinajstić information content (AvgIpc) is 1.65. The number of anilines is 1. The number of methoxy groups -OCH3 is 2. The summed E-state index contributed by atoms with van der Waals surface area (Å²) in [7, 11) is 2.92. The zero-order chi connectivity index (χ0) is 64.7. The van der Waals surface area contributed by atoms with Gasteiger partial charge < -0.3 is 62.9 Å². The fourth-order valence-corrected chi connectivity index (χ4v) is 10.9. The number of aliphatic hydroxyl groups excluding tert-OH is 1. The number of Topliss-reactive ketones (excluding diaryl/α,β-unsaturated/α-hetero) is 3. The molecule has 0 spiro atoms. The van der Waals surface area contributed by atoms with Crippen molar-refractivity contribution in [2.24, 2.45) is 16.8 Å². The van der Waals surface area contributed by atoms with Gasteiger partial charge >= 0.3 is 6.09 Å². The molecule has 0 fully saturated rings. The zero-order valence-electron chi connectivity index (χ0n) is 52.4. The maximum absolute atomic E-state index is 14.4. The van der Waals surface area contributed by atoms with E-state index in [9.17, 15) is 38.7 Å². The van der Waals surface area contributed by atoms with Crippen LogP contribution in [0.2, 0.25) is 0 Å². The van der Waals surface area contributed by atoms with Crippen LogP contribution in [0.1, 0.15) is 113 Å². The van der Waals surface area contributed by atoms with Crippen LogP contribution in [0.15, 0.2) is 101 Å². The van der Waals surface area contributed by atoms with Crippen LogP contribution in [-0.4, -0.2) is 171 Å². The number of nitrogens with zero attached hydrogens (tertiary/aromatic N) is 4. The lowest BCUT2D eigenvalue weighted by Crippen LogP contribution is -2.50. The molecule has 90 heavy (non-hydrogen) atoms. The first-order valence-corrected chi connectivity index (χ1v) is 32.0. The highest BCUT2D eigenvalue weighted by Crippen LogP contribution is 2.43. The number of ether oxygens (including phenoxy) is 9. The molecule has 0 bridgehead atoms. The fraction of sp³-hybridized carbons (Fsp3) is 0.493. The highest BCUT2D eigenvalue weighted by molar-refractivity contribution is 14.1. The molecule has 4 heterocycles. The molecule has 0 radical (unpaired) electrons. The summed E-state index contributed by atoms with van der Waals surface area (Å²) in [6, 6.07) is 11.2. The van der Waals surface area contributed by atoms with Gasteiger partial charge in [-0.1, -0.05) is 85.0 Å². The number of carbonyl (C=O) groups is 7. The molecule has 4 amide bonds. The van der Waals surface area contributed by atoms with E-state index in [0.29, 0.717) is 110 Å². The van der Waals surface area contributed by atoms with Gasteiger partial charge in [0.1, 0.15) is 18.2 Å². The number of carbonyl (C=O) groups excluding carboxylic acids is 7. The Bertz CT molecular complexity index is 3170. The van der Waals surface area contributed by atoms with Crippen molar-refractivity contribution in [3.63, 3.8) is 0 Å². The Hall–Kier alpha value is -7.29. The Morgan fingerprint density at radius 1 is 0.700 bits per heavy atom. The molecular weight excluding hydrogens is 1270 g/mol. The number of rotatable bonds is 37. The number of nitrogens with one attached hydrogen (secondary N) is 1. The molecule has 4 aliphatic rings. The predicted molar refractivity (Wildman–Crippen MR) is 347 cm³/mol. The summed E-state index contributed by atoms with van der Waals surface area (Å²) in [5.74, 6) is -0.923. The molecule has 3 aromatic carbocycles. The molecule has 23 heteroatoms. The van der Waals surface area contributed by atoms with Crippen LogP contribution in [0.5, 0.6) is 23.0 Å². The van der Waals surface area contributed by atoms with Crippen LogP contribution >= 0.6 is 22.6 Å². The molecule has 22 nitrogen and oxygen atoms in total. The number of allylic oxidation sites excluding steroid dienone is 4. The number of ketones is 3. The third-order valence-corrected chi connectivity index (χ3v) is 16.3. The van der Waals surface area contributed by atoms with Crippen LogP contribution in [0, 0.1) is 11.8 Å². The van der Waals surface area contributed by atoms with Crippen LogP contribution in [0.4, 0.5) is 16.2 Å². The molecule has 0 aliphatic carbocycles. The fourth-order valence-electron chi connectivity index (χ4n) is 10.5. The smallest absolute Gasteiger partial charge is 0.416 e. The number of alkyl halides is 1. The van der Waals surface area contributed by atoms with Crippen LogP contribution < -0.4 is 29.2 Å². The summed E-state index contributed by atoms with van der Waals surface area (Å²) in [6.45, 7) is 12.1. The van der Waals surface area contributed by atoms with Crippen molar-refractivity contribution in [3.05, 3.63) is 119 Å². The number of benzene rings is 3. The van der Waals surface area contributed by atoms with Crippen molar-refractivity contribution in [2.75, 3.05) is 89.6 Å². The third-order valence-electron chi connectivity index (χ3n) is 15.5. The lowest BCUT2D eigenvalue weighted by Gasteiger charge is -2.31. The van der Waals surface area contributed by atoms with Gasteiger partial charge in [-0.2, -0.15) is 0 Å². The van der Waals surface area contributed by atoms with E-state index in [1.54, 1.807) is 60.6 Å². The average molecular weight is 1360 g/mol. The summed E-state index contributed by atoms with van der Waals surface area (Å²) >= 11 is 2.06. The summed E-state index contributed by atoms with van der Waals surface area (Å²) in [4.78, 5) is 102. The second-order valence-electron chi connectivity index (χ2n) is 22.3. The summed E-state index contributed by atoms with van der Waals surface area (Å²) < 4.78 is 52.2. The van der Waals surface area contributed by atoms with Crippen molar-refractivity contribution in [3.8, 4) is 23.0 Å². The van der Waals surface area contributed by atoms with Crippen LogP contribution in [0.25, 0.3) is 0 Å². The number of aliphatic hydroxyl groups is 1. The summed E-state index contributed by atoms with van der Waals surface area (Å²) in [6.07, 6.45) is 12.9. The number of halogens is 1. The van der Waals surface area contributed by atoms with Gasteiger partial charge in [0.25, 0.3) is 11.8 Å². The molecule has 0 aromatic heterocycles. The lowest BCUT2D eigenvalue weighted by atomic mass is 9.88. The van der Waals surface area contributed by atoms with Crippen molar-refractivity contribution < 1.29 is 82.7 Å². The molecule has 2 N–H and O–H groups in total. The van der Waals surface area contributed by atoms with E-state index in [4.69, 9.17) is 42.6 Å². The molecule has 488 valence electrons. The normalized spacial score (nSPS) is 17.5. The standard InChI is InChI=1S/C67H84IN5O17.H2/c1-8-12-47-30-49-39-69-55-36-61(59(82-6)34-53(55)64(78)71(49)40-47)88-21-11-22-89-62-37-56-54(35-60(62)83-7)65(79)72-41-48(13-9-2)31-57(72)66(80)73(56)67(81)90-42-46-17-15-45(16-18-46)32-58(76)44(5)70-63(77)52(43(3)4)33-50(74)19-23-85-25-27-87-29-28-86-26-24-84-20-10-14-51(75)38-68;/h8-9,12-13,15-18,34-37,39-41,43-44,49,52,57,66,80H,10-11,14,19-33,38,42H2,1-7H3,(H,70,77);1H/b12-8+,13-9+;/t44-,49-,52-,57-,66-;/m0./s1/i;1+1. The molecule has 0 saturated heterocycles. The minimum absolute atomic E-state index is 0. The second kappa shape index (κ2) is 35.3. The maximum atomic E-state index is 14.4. The highest BCUT2D eigenvalue weighted by atomic mass is 127. The van der Waals surface area contributed by atoms with E-state index in [1.165, 1.54) is 31.3 Å². The van der Waals surface area contributed by atoms with Gasteiger partial charge in [0.2, 0.25) is 5.91 Å². The maximum Gasteiger partial charge on any atom is 0.416 e. The number of hydrogen-bond donors (Lipinski definition) is 2. The molecule has 0 saturated carbocycles. The quantitative estimate of drug-likeness (QED) is 0.0309. The van der Waals surface area contributed by atoms with E-state index in [2.05, 4.69) is 32.9 Å². The monoisotopic (exact) mass is 1360 g/mol. The number of amides is 4. The van der Waals surface area contributed by atoms with Gasteiger partial charge in [0.15, 0.2) is 35.0 Å². The molecule has 3 aromatic rings. The van der Waals surface area contributed by atoms with E-state index >= 15 is 0 Å². The Morgan fingerprint density at radius 3 is 1.90 bits per heavy atom. The zero-order valence-corrected chi connectivity index (χ0v) is 54.6. The highest BCUT2D eigenvalue weighted by Gasteiger charge is 2.45. The Labute approximate surface area is 541 Å². The Morgan fingerprint density at radius 2 is 1.28 bits per heavy atom.